The molecule has 0 aromatic heterocycles. The third-order valence-corrected chi connectivity index (χ3v) is 2.94. The van der Waals surface area contributed by atoms with Gasteiger partial charge in [-0.15, -0.1) is 0 Å². The molecular weight excluding hydrogens is 216 g/mol. The first kappa shape index (κ1) is 12.2. The van der Waals surface area contributed by atoms with Gasteiger partial charge in [-0.3, -0.25) is 0 Å². The van der Waals surface area contributed by atoms with Crippen molar-refractivity contribution in [3.8, 4) is 11.5 Å². The highest BCUT2D eigenvalue weighted by atomic mass is 16.6. The SMILES string of the molecule is CCNCC(N)c1cc2c(cc1C)OCCO2. The summed E-state index contributed by atoms with van der Waals surface area (Å²) < 4.78 is 11.1. The zero-order valence-corrected chi connectivity index (χ0v) is 10.5. The number of benzene rings is 1. The maximum Gasteiger partial charge on any atom is 0.161 e. The van der Waals surface area contributed by atoms with Crippen LogP contribution in [0.2, 0.25) is 0 Å². The van der Waals surface area contributed by atoms with E-state index >= 15 is 0 Å². The first-order valence-corrected chi connectivity index (χ1v) is 6.08. The van der Waals surface area contributed by atoms with Crippen LogP contribution in [0.1, 0.15) is 24.1 Å². The molecule has 0 bridgehead atoms. The van der Waals surface area contributed by atoms with E-state index in [2.05, 4.69) is 19.2 Å². The van der Waals surface area contributed by atoms with Gasteiger partial charge >= 0.3 is 0 Å². The molecule has 94 valence electrons. The number of hydrogen-bond acceptors (Lipinski definition) is 4. The van der Waals surface area contributed by atoms with E-state index in [1.807, 2.05) is 12.1 Å². The van der Waals surface area contributed by atoms with Crippen LogP contribution in [0.15, 0.2) is 12.1 Å². The standard InChI is InChI=1S/C13H20N2O2/c1-3-15-8-11(14)10-7-13-12(6-9(10)2)16-4-5-17-13/h6-7,11,15H,3-5,8,14H2,1-2H3. The van der Waals surface area contributed by atoms with Gasteiger partial charge in [0.15, 0.2) is 11.5 Å². The second kappa shape index (κ2) is 5.38. The molecule has 3 N–H and O–H groups in total. The maximum absolute atomic E-state index is 6.16. The molecule has 4 nitrogen and oxygen atoms in total. The molecule has 0 fully saturated rings. The smallest absolute Gasteiger partial charge is 0.161 e. The third kappa shape index (κ3) is 2.70. The van der Waals surface area contributed by atoms with Gasteiger partial charge in [0.2, 0.25) is 0 Å². The largest absolute Gasteiger partial charge is 0.486 e. The predicted molar refractivity (Wildman–Crippen MR) is 67.6 cm³/mol. The van der Waals surface area contributed by atoms with E-state index in [0.29, 0.717) is 13.2 Å². The summed E-state index contributed by atoms with van der Waals surface area (Å²) in [6, 6.07) is 4.01. The van der Waals surface area contributed by atoms with Crippen LogP contribution >= 0.6 is 0 Å². The van der Waals surface area contributed by atoms with Gasteiger partial charge < -0.3 is 20.5 Å². The Morgan fingerprint density at radius 2 is 1.94 bits per heavy atom. The summed E-state index contributed by atoms with van der Waals surface area (Å²) in [5.41, 5.74) is 8.43. The number of nitrogens with two attached hydrogens (primary N) is 1. The lowest BCUT2D eigenvalue weighted by Gasteiger charge is -2.22. The first-order chi connectivity index (χ1) is 8.22. The zero-order chi connectivity index (χ0) is 12.3. The molecule has 2 rings (SSSR count). The minimum absolute atomic E-state index is 0.00854. The Hall–Kier alpha value is -1.26. The van der Waals surface area contributed by atoms with Crippen molar-refractivity contribution in [2.45, 2.75) is 19.9 Å². The van der Waals surface area contributed by atoms with E-state index < -0.39 is 0 Å². The Labute approximate surface area is 102 Å². The highest BCUT2D eigenvalue weighted by Gasteiger charge is 2.17. The monoisotopic (exact) mass is 236 g/mol. The van der Waals surface area contributed by atoms with Crippen molar-refractivity contribution in [1.82, 2.24) is 5.32 Å². The van der Waals surface area contributed by atoms with Gasteiger partial charge in [0, 0.05) is 12.6 Å². The van der Waals surface area contributed by atoms with Crippen LogP contribution in [-0.4, -0.2) is 26.3 Å². The van der Waals surface area contributed by atoms with Crippen LogP contribution < -0.4 is 20.5 Å². The Morgan fingerprint density at radius 1 is 1.29 bits per heavy atom. The van der Waals surface area contributed by atoms with Gasteiger partial charge in [-0.25, -0.2) is 0 Å². The summed E-state index contributed by atoms with van der Waals surface area (Å²) in [6.45, 7) is 7.06. The summed E-state index contributed by atoms with van der Waals surface area (Å²) in [5.74, 6) is 1.64. The Kier molecular flexibility index (Phi) is 3.86. The molecule has 0 amide bonds. The van der Waals surface area contributed by atoms with E-state index in [-0.39, 0.29) is 6.04 Å². The van der Waals surface area contributed by atoms with Crippen LogP contribution in [0.4, 0.5) is 0 Å². The number of likely N-dealkylation sites (N-methyl/N-ethyl adjacent to an activating group) is 1. The first-order valence-electron chi connectivity index (χ1n) is 6.08. The average molecular weight is 236 g/mol. The van der Waals surface area contributed by atoms with Crippen LogP contribution in [-0.2, 0) is 0 Å². The van der Waals surface area contributed by atoms with Gasteiger partial charge in [0.1, 0.15) is 13.2 Å². The van der Waals surface area contributed by atoms with Crippen molar-refractivity contribution < 1.29 is 9.47 Å². The number of nitrogens with one attached hydrogen (secondary N) is 1. The fourth-order valence-corrected chi connectivity index (χ4v) is 2.02. The average Bonchev–Trinajstić information content (AvgIpc) is 2.35. The molecule has 4 heteroatoms. The van der Waals surface area contributed by atoms with E-state index in [9.17, 15) is 0 Å². The number of fused-ring (bicyclic) bond motifs is 1. The summed E-state index contributed by atoms with van der Waals surface area (Å²) in [4.78, 5) is 0. The summed E-state index contributed by atoms with van der Waals surface area (Å²) >= 11 is 0. The molecule has 1 atom stereocenters. The van der Waals surface area contributed by atoms with Crippen LogP contribution in [0.25, 0.3) is 0 Å². The second-order valence-electron chi connectivity index (χ2n) is 4.27. The fourth-order valence-electron chi connectivity index (χ4n) is 2.02. The Balaban J connectivity index is 2.22. The molecule has 0 saturated heterocycles. The van der Waals surface area contributed by atoms with Gasteiger partial charge in [-0.1, -0.05) is 6.92 Å². The molecule has 1 unspecified atom stereocenters. The highest BCUT2D eigenvalue weighted by molar-refractivity contribution is 5.48. The second-order valence-corrected chi connectivity index (χ2v) is 4.27. The quantitative estimate of drug-likeness (QED) is 0.829. The molecule has 0 saturated carbocycles. The van der Waals surface area contributed by atoms with E-state index in [1.54, 1.807) is 0 Å². The van der Waals surface area contributed by atoms with Crippen molar-refractivity contribution in [2.24, 2.45) is 5.73 Å². The Morgan fingerprint density at radius 3 is 2.59 bits per heavy atom. The van der Waals surface area contributed by atoms with Crippen molar-refractivity contribution in [1.29, 1.82) is 0 Å². The fraction of sp³-hybridized carbons (Fsp3) is 0.538. The molecule has 17 heavy (non-hydrogen) atoms. The van der Waals surface area contributed by atoms with Gasteiger partial charge in [-0.2, -0.15) is 0 Å². The molecule has 0 spiro atoms. The lowest BCUT2D eigenvalue weighted by Crippen LogP contribution is -2.27. The van der Waals surface area contributed by atoms with Crippen molar-refractivity contribution >= 4 is 0 Å². The number of hydrogen-bond donors (Lipinski definition) is 2. The summed E-state index contributed by atoms with van der Waals surface area (Å²) in [6.07, 6.45) is 0. The van der Waals surface area contributed by atoms with Crippen molar-refractivity contribution in [3.05, 3.63) is 23.3 Å². The minimum Gasteiger partial charge on any atom is -0.486 e. The van der Waals surface area contributed by atoms with Crippen molar-refractivity contribution in [3.63, 3.8) is 0 Å². The predicted octanol–water partition coefficient (Wildman–Crippen LogP) is 1.38. The van der Waals surface area contributed by atoms with Crippen LogP contribution in [0.3, 0.4) is 0 Å². The molecule has 0 aliphatic carbocycles. The lowest BCUT2D eigenvalue weighted by molar-refractivity contribution is 0.171. The third-order valence-electron chi connectivity index (χ3n) is 2.94. The van der Waals surface area contributed by atoms with E-state index in [1.165, 1.54) is 0 Å². The summed E-state index contributed by atoms with van der Waals surface area (Å²) in [7, 11) is 0. The number of rotatable bonds is 4. The van der Waals surface area contributed by atoms with Crippen LogP contribution in [0.5, 0.6) is 11.5 Å². The van der Waals surface area contributed by atoms with Crippen molar-refractivity contribution in [2.75, 3.05) is 26.3 Å². The minimum atomic E-state index is -0.00854. The molecule has 0 radical (unpaired) electrons. The highest BCUT2D eigenvalue weighted by Crippen LogP contribution is 2.34. The van der Waals surface area contributed by atoms with Gasteiger partial charge in [-0.05, 0) is 36.7 Å². The maximum atomic E-state index is 6.16. The summed E-state index contributed by atoms with van der Waals surface area (Å²) in [5, 5.41) is 3.26. The molecule has 1 aliphatic heterocycles. The zero-order valence-electron chi connectivity index (χ0n) is 10.5. The topological polar surface area (TPSA) is 56.5 Å². The van der Waals surface area contributed by atoms with Crippen LogP contribution in [0, 0.1) is 6.92 Å². The number of aryl methyl sites for hydroxylation is 1. The lowest BCUT2D eigenvalue weighted by atomic mass is 10.0. The van der Waals surface area contributed by atoms with E-state index in [0.717, 1.165) is 35.7 Å². The molecular formula is C13H20N2O2. The van der Waals surface area contributed by atoms with Gasteiger partial charge in [0.25, 0.3) is 0 Å². The molecule has 1 heterocycles. The van der Waals surface area contributed by atoms with E-state index in [4.69, 9.17) is 15.2 Å². The Bertz CT molecular complexity index is 393. The normalized spacial score (nSPS) is 15.7. The molecule has 1 aliphatic rings. The molecule has 1 aromatic rings. The number of ether oxygens (including phenoxy) is 2. The molecule has 1 aromatic carbocycles. The van der Waals surface area contributed by atoms with Gasteiger partial charge in [0.05, 0.1) is 0 Å².